The Morgan fingerprint density at radius 1 is 1.27 bits per heavy atom. The molecule has 1 aromatic rings. The number of rotatable bonds is 4. The lowest BCUT2D eigenvalue weighted by molar-refractivity contribution is -0.116. The number of hydrogen-bond acceptors (Lipinski definition) is 4. The summed E-state index contributed by atoms with van der Waals surface area (Å²) in [5.74, 6) is 0.325. The Balaban J connectivity index is 2.11. The Morgan fingerprint density at radius 3 is 2.41 bits per heavy atom. The van der Waals surface area contributed by atoms with Crippen LogP contribution < -0.4 is 10.9 Å². The van der Waals surface area contributed by atoms with Crippen molar-refractivity contribution >= 4 is 24.3 Å². The van der Waals surface area contributed by atoms with Gasteiger partial charge in [0.15, 0.2) is 0 Å². The first kappa shape index (κ1) is 17.0. The molecule has 1 amide bonds. The maximum atomic E-state index is 11.9. The molecule has 5 nitrogen and oxygen atoms in total. The van der Waals surface area contributed by atoms with Gasteiger partial charge in [-0.05, 0) is 45.7 Å². The Kier molecular flexibility index (Phi) is 4.63. The van der Waals surface area contributed by atoms with Crippen molar-refractivity contribution in [1.29, 1.82) is 0 Å². The second kappa shape index (κ2) is 6.01. The number of nitrogens with zero attached hydrogens (tertiary/aromatic N) is 1. The van der Waals surface area contributed by atoms with Gasteiger partial charge in [0.25, 0.3) is 0 Å². The molecule has 1 fully saturated rings. The summed E-state index contributed by atoms with van der Waals surface area (Å²) in [5.41, 5.74) is 0.568. The summed E-state index contributed by atoms with van der Waals surface area (Å²) in [4.78, 5) is 16.2. The second-order valence-electron chi connectivity index (χ2n) is 7.20. The third-order valence-electron chi connectivity index (χ3n) is 4.15. The van der Waals surface area contributed by atoms with Gasteiger partial charge >= 0.3 is 7.12 Å². The number of carbonyl (C=O) groups is 1. The maximum absolute atomic E-state index is 11.9. The van der Waals surface area contributed by atoms with E-state index in [1.807, 2.05) is 41.5 Å². The average molecular weight is 304 g/mol. The van der Waals surface area contributed by atoms with E-state index in [0.29, 0.717) is 23.6 Å². The molecule has 0 aliphatic carbocycles. The average Bonchev–Trinajstić information content (AvgIpc) is 2.57. The predicted molar refractivity (Wildman–Crippen MR) is 88.0 cm³/mol. The summed E-state index contributed by atoms with van der Waals surface area (Å²) in [6.45, 7) is 12.0. The van der Waals surface area contributed by atoms with Gasteiger partial charge in [-0.15, -0.1) is 0 Å². The van der Waals surface area contributed by atoms with Crippen LogP contribution in [0.4, 0.5) is 5.69 Å². The van der Waals surface area contributed by atoms with Crippen LogP contribution >= 0.6 is 0 Å². The maximum Gasteiger partial charge on any atom is 0.514 e. The first-order valence-electron chi connectivity index (χ1n) is 7.72. The summed E-state index contributed by atoms with van der Waals surface area (Å²) >= 11 is 0. The molecule has 2 rings (SSSR count). The molecule has 120 valence electrons. The molecule has 0 bridgehead atoms. The Morgan fingerprint density at radius 2 is 1.86 bits per heavy atom. The number of carbonyl (C=O) groups excluding carboxylic acids is 1. The zero-order chi connectivity index (χ0) is 16.5. The van der Waals surface area contributed by atoms with Gasteiger partial charge in [0.2, 0.25) is 5.91 Å². The van der Waals surface area contributed by atoms with Gasteiger partial charge < -0.3 is 14.6 Å². The molecule has 1 aliphatic rings. The summed E-state index contributed by atoms with van der Waals surface area (Å²) < 4.78 is 12.0. The van der Waals surface area contributed by atoms with Crippen molar-refractivity contribution in [2.45, 2.75) is 59.2 Å². The van der Waals surface area contributed by atoms with Crippen LogP contribution in [0.25, 0.3) is 0 Å². The van der Waals surface area contributed by atoms with Crippen molar-refractivity contribution in [1.82, 2.24) is 4.98 Å². The minimum atomic E-state index is -0.521. The lowest BCUT2D eigenvalue weighted by Crippen LogP contribution is -2.41. The molecule has 22 heavy (non-hydrogen) atoms. The van der Waals surface area contributed by atoms with Crippen LogP contribution in [0.2, 0.25) is 0 Å². The molecule has 0 unspecified atom stereocenters. The fraction of sp³-hybridized carbons (Fsp3) is 0.625. The first-order chi connectivity index (χ1) is 10.1. The molecule has 6 heteroatoms. The highest BCUT2D eigenvalue weighted by Gasteiger charge is 2.52. The summed E-state index contributed by atoms with van der Waals surface area (Å²) in [7, 11) is -0.521. The summed E-state index contributed by atoms with van der Waals surface area (Å²) in [6.07, 6.45) is 2.15. The second-order valence-corrected chi connectivity index (χ2v) is 7.20. The van der Waals surface area contributed by atoms with Crippen LogP contribution in [0.3, 0.4) is 0 Å². The fourth-order valence-corrected chi connectivity index (χ4v) is 2.20. The van der Waals surface area contributed by atoms with Crippen molar-refractivity contribution in [2.24, 2.45) is 5.92 Å². The van der Waals surface area contributed by atoms with E-state index in [2.05, 4.69) is 10.3 Å². The molecule has 0 atom stereocenters. The summed E-state index contributed by atoms with van der Waals surface area (Å²) in [6, 6.07) is 3.58. The monoisotopic (exact) mass is 304 g/mol. The number of aromatic nitrogens is 1. The molecule has 1 saturated heterocycles. The van der Waals surface area contributed by atoms with Gasteiger partial charge in [0, 0.05) is 18.3 Å². The van der Waals surface area contributed by atoms with E-state index in [9.17, 15) is 4.79 Å². The van der Waals surface area contributed by atoms with Gasteiger partial charge in [-0.25, -0.2) is 0 Å². The number of pyridine rings is 1. The van der Waals surface area contributed by atoms with Crippen LogP contribution in [0.1, 0.15) is 48.0 Å². The van der Waals surface area contributed by atoms with Gasteiger partial charge in [-0.1, -0.05) is 13.8 Å². The summed E-state index contributed by atoms with van der Waals surface area (Å²) in [5, 5.41) is 2.89. The lowest BCUT2D eigenvalue weighted by atomic mass is 9.84. The third kappa shape index (κ3) is 3.68. The van der Waals surface area contributed by atoms with E-state index >= 15 is 0 Å². The molecule has 0 aromatic carbocycles. The third-order valence-corrected chi connectivity index (χ3v) is 4.15. The van der Waals surface area contributed by atoms with Crippen LogP contribution in [0.5, 0.6) is 0 Å². The Hall–Kier alpha value is -1.40. The number of nitrogens with one attached hydrogen (secondary N) is 1. The largest absolute Gasteiger partial charge is 0.514 e. The predicted octanol–water partition coefficient (Wildman–Crippen LogP) is 2.37. The highest BCUT2D eigenvalue weighted by Crippen LogP contribution is 2.36. The van der Waals surface area contributed by atoms with Crippen LogP contribution in [-0.2, 0) is 14.1 Å². The Labute approximate surface area is 132 Å². The van der Waals surface area contributed by atoms with E-state index in [-0.39, 0.29) is 5.91 Å². The highest BCUT2D eigenvalue weighted by atomic mass is 16.7. The van der Waals surface area contributed by atoms with E-state index in [1.165, 1.54) is 0 Å². The molecule has 0 saturated carbocycles. The normalized spacial score (nSPS) is 19.5. The standard InChI is InChI=1S/C16H25BN2O3/c1-11(2)9-14(20)19-12-7-8-18-13(10-12)17-21-15(3,4)16(5,6)22-17/h7-8,10-11H,9H2,1-6H3,(H,18,19,20). The first-order valence-corrected chi connectivity index (χ1v) is 7.72. The van der Waals surface area contributed by atoms with Gasteiger partial charge in [0.1, 0.15) is 0 Å². The van der Waals surface area contributed by atoms with E-state index < -0.39 is 18.3 Å². The molecule has 1 N–H and O–H groups in total. The zero-order valence-electron chi connectivity index (χ0n) is 14.3. The fourth-order valence-electron chi connectivity index (χ4n) is 2.20. The van der Waals surface area contributed by atoms with Crippen molar-refractivity contribution in [3.63, 3.8) is 0 Å². The SMILES string of the molecule is CC(C)CC(=O)Nc1ccnc(B2OC(C)(C)C(C)(C)O2)c1. The van der Waals surface area contributed by atoms with Gasteiger partial charge in [-0.2, -0.15) is 0 Å². The topological polar surface area (TPSA) is 60.5 Å². The minimum Gasteiger partial charge on any atom is -0.398 e. The van der Waals surface area contributed by atoms with Crippen LogP contribution in [-0.4, -0.2) is 29.2 Å². The quantitative estimate of drug-likeness (QED) is 0.868. The minimum absolute atomic E-state index is 0.000989. The van der Waals surface area contributed by atoms with Crippen molar-refractivity contribution in [3.8, 4) is 0 Å². The van der Waals surface area contributed by atoms with Crippen LogP contribution in [0.15, 0.2) is 18.3 Å². The highest BCUT2D eigenvalue weighted by molar-refractivity contribution is 6.61. The van der Waals surface area contributed by atoms with Gasteiger partial charge in [-0.3, -0.25) is 9.78 Å². The van der Waals surface area contributed by atoms with E-state index in [4.69, 9.17) is 9.31 Å². The smallest absolute Gasteiger partial charge is 0.398 e. The van der Waals surface area contributed by atoms with Crippen molar-refractivity contribution in [3.05, 3.63) is 18.3 Å². The van der Waals surface area contributed by atoms with E-state index in [0.717, 1.165) is 0 Å². The van der Waals surface area contributed by atoms with Crippen molar-refractivity contribution < 1.29 is 14.1 Å². The molecule has 0 radical (unpaired) electrons. The van der Waals surface area contributed by atoms with Gasteiger partial charge in [0.05, 0.1) is 16.8 Å². The number of anilines is 1. The molecule has 0 spiro atoms. The molecule has 1 aromatic heterocycles. The zero-order valence-corrected chi connectivity index (χ0v) is 14.3. The van der Waals surface area contributed by atoms with Crippen molar-refractivity contribution in [2.75, 3.05) is 5.32 Å². The molecule has 1 aliphatic heterocycles. The molecular formula is C16H25BN2O3. The van der Waals surface area contributed by atoms with E-state index in [1.54, 1.807) is 18.3 Å². The Bertz CT molecular complexity index is 542. The lowest BCUT2D eigenvalue weighted by Gasteiger charge is -2.32. The molecular weight excluding hydrogens is 279 g/mol. The van der Waals surface area contributed by atoms with Crippen LogP contribution in [0, 0.1) is 5.92 Å². The number of amides is 1. The molecule has 2 heterocycles. The number of hydrogen-bond donors (Lipinski definition) is 1.